The van der Waals surface area contributed by atoms with Crippen molar-refractivity contribution in [2.24, 2.45) is 5.41 Å². The van der Waals surface area contributed by atoms with Gasteiger partial charge in [-0.25, -0.2) is 4.79 Å². The standard InChI is InChI=1S/C19H26N2O5/c1-18(2,3)26-17(24)21-9-7-12-11(10-21)14-15(20-12)13(25-5)6-8-19(14,4)16(22)23/h6,8,12,20H,7,9-10H2,1-5H3,(H,22,23). The highest BCUT2D eigenvalue weighted by Crippen LogP contribution is 2.46. The second kappa shape index (κ2) is 6.07. The summed E-state index contributed by atoms with van der Waals surface area (Å²) in [5.41, 5.74) is 0.595. The maximum atomic E-state index is 12.5. The van der Waals surface area contributed by atoms with E-state index in [-0.39, 0.29) is 12.1 Å². The molecule has 0 bridgehead atoms. The van der Waals surface area contributed by atoms with Crippen molar-refractivity contribution in [3.05, 3.63) is 34.8 Å². The van der Waals surface area contributed by atoms with Crippen LogP contribution in [0.4, 0.5) is 4.79 Å². The van der Waals surface area contributed by atoms with Crippen LogP contribution in [0.5, 0.6) is 0 Å². The van der Waals surface area contributed by atoms with E-state index in [0.29, 0.717) is 36.5 Å². The molecule has 2 N–H and O–H groups in total. The number of amides is 1. The summed E-state index contributed by atoms with van der Waals surface area (Å²) in [5, 5.41) is 13.2. The minimum atomic E-state index is -1.16. The Balaban J connectivity index is 1.99. The Morgan fingerprint density at radius 1 is 1.38 bits per heavy atom. The van der Waals surface area contributed by atoms with Crippen LogP contribution in [0.3, 0.4) is 0 Å². The number of fused-ring (bicyclic) bond motifs is 2. The topological polar surface area (TPSA) is 88.1 Å². The third-order valence-electron chi connectivity index (χ3n) is 5.01. The van der Waals surface area contributed by atoms with Gasteiger partial charge in [-0.1, -0.05) is 6.08 Å². The fourth-order valence-electron chi connectivity index (χ4n) is 3.70. The lowest BCUT2D eigenvalue weighted by Gasteiger charge is -2.34. The number of carbonyl (C=O) groups excluding carboxylic acids is 1. The minimum Gasteiger partial charge on any atom is -0.495 e. The molecule has 1 saturated heterocycles. The highest BCUT2D eigenvalue weighted by molar-refractivity contribution is 5.85. The predicted octanol–water partition coefficient (Wildman–Crippen LogP) is 2.41. The molecule has 2 atom stereocenters. The van der Waals surface area contributed by atoms with Crippen LogP contribution in [0.15, 0.2) is 34.8 Å². The molecule has 1 aliphatic carbocycles. The zero-order chi connectivity index (χ0) is 19.3. The molecule has 0 aromatic rings. The van der Waals surface area contributed by atoms with Crippen LogP contribution in [0, 0.1) is 5.41 Å². The van der Waals surface area contributed by atoms with Crippen LogP contribution in [0.1, 0.15) is 34.1 Å². The van der Waals surface area contributed by atoms with Gasteiger partial charge in [0.15, 0.2) is 0 Å². The number of allylic oxidation sites excluding steroid dienone is 2. The molecule has 0 saturated carbocycles. The molecule has 3 aliphatic rings. The number of hydrogen-bond donors (Lipinski definition) is 2. The number of piperidine rings is 1. The number of aliphatic carboxylic acids is 1. The van der Waals surface area contributed by atoms with Gasteiger partial charge in [0.2, 0.25) is 0 Å². The zero-order valence-corrected chi connectivity index (χ0v) is 15.9. The van der Waals surface area contributed by atoms with Gasteiger partial charge in [-0.05, 0) is 45.8 Å². The van der Waals surface area contributed by atoms with E-state index in [1.807, 2.05) is 20.8 Å². The molecule has 7 heteroatoms. The number of ether oxygens (including phenoxy) is 2. The van der Waals surface area contributed by atoms with Crippen LogP contribution in [-0.2, 0) is 14.3 Å². The normalized spacial score (nSPS) is 27.7. The van der Waals surface area contributed by atoms with Crippen LogP contribution < -0.4 is 5.32 Å². The van der Waals surface area contributed by atoms with E-state index in [4.69, 9.17) is 9.47 Å². The Morgan fingerprint density at radius 3 is 2.65 bits per heavy atom. The SMILES string of the molecule is COC1=C2NC3CCN(C(=O)OC(C)(C)C)CC3=C2C(C)(C(=O)O)C=C1. The number of carbonyl (C=O) groups is 2. The molecule has 0 aromatic heterocycles. The summed E-state index contributed by atoms with van der Waals surface area (Å²) < 4.78 is 10.9. The number of methoxy groups -OCH3 is 1. The van der Waals surface area contributed by atoms with Crippen molar-refractivity contribution < 1.29 is 24.2 Å². The molecule has 142 valence electrons. The first-order valence-electron chi connectivity index (χ1n) is 8.76. The van der Waals surface area contributed by atoms with Gasteiger partial charge in [-0.2, -0.15) is 0 Å². The maximum Gasteiger partial charge on any atom is 0.410 e. The van der Waals surface area contributed by atoms with Gasteiger partial charge in [0, 0.05) is 18.7 Å². The van der Waals surface area contributed by atoms with Gasteiger partial charge in [0.1, 0.15) is 16.8 Å². The Bertz CT molecular complexity index is 744. The molecule has 7 nitrogen and oxygen atoms in total. The molecule has 26 heavy (non-hydrogen) atoms. The quantitative estimate of drug-likeness (QED) is 0.784. The van der Waals surface area contributed by atoms with E-state index >= 15 is 0 Å². The Labute approximate surface area is 153 Å². The summed E-state index contributed by atoms with van der Waals surface area (Å²) in [7, 11) is 1.56. The van der Waals surface area contributed by atoms with Crippen molar-refractivity contribution in [2.45, 2.75) is 45.8 Å². The van der Waals surface area contributed by atoms with E-state index in [0.717, 1.165) is 5.57 Å². The van der Waals surface area contributed by atoms with Gasteiger partial charge in [-0.15, -0.1) is 0 Å². The average molecular weight is 362 g/mol. The molecule has 0 radical (unpaired) electrons. The van der Waals surface area contributed by atoms with Gasteiger partial charge < -0.3 is 24.8 Å². The first-order valence-corrected chi connectivity index (χ1v) is 8.76. The van der Waals surface area contributed by atoms with Crippen molar-refractivity contribution in [3.63, 3.8) is 0 Å². The second-order valence-electron chi connectivity index (χ2n) is 8.07. The van der Waals surface area contributed by atoms with Crippen LogP contribution >= 0.6 is 0 Å². The smallest absolute Gasteiger partial charge is 0.410 e. The van der Waals surface area contributed by atoms with Crippen molar-refractivity contribution in [2.75, 3.05) is 20.2 Å². The Morgan fingerprint density at radius 2 is 2.08 bits per heavy atom. The van der Waals surface area contributed by atoms with E-state index in [1.165, 1.54) is 0 Å². The lowest BCUT2D eigenvalue weighted by molar-refractivity contribution is -0.143. The lowest BCUT2D eigenvalue weighted by Crippen LogP contribution is -2.46. The van der Waals surface area contributed by atoms with E-state index in [1.54, 1.807) is 31.1 Å². The fraction of sp³-hybridized carbons (Fsp3) is 0.579. The maximum absolute atomic E-state index is 12.5. The highest BCUT2D eigenvalue weighted by Gasteiger charge is 2.48. The number of likely N-dealkylation sites (tertiary alicyclic amines) is 1. The molecule has 0 aromatic carbocycles. The predicted molar refractivity (Wildman–Crippen MR) is 95.3 cm³/mol. The molecule has 1 fully saturated rings. The lowest BCUT2D eigenvalue weighted by atomic mass is 9.75. The first kappa shape index (κ1) is 18.4. The van der Waals surface area contributed by atoms with Gasteiger partial charge in [0.25, 0.3) is 0 Å². The number of hydrogen-bond acceptors (Lipinski definition) is 5. The average Bonchev–Trinajstić information content (AvgIpc) is 2.93. The molecule has 0 spiro atoms. The van der Waals surface area contributed by atoms with E-state index in [9.17, 15) is 14.7 Å². The van der Waals surface area contributed by atoms with Crippen molar-refractivity contribution in [1.29, 1.82) is 0 Å². The molecule has 1 amide bonds. The third kappa shape index (κ3) is 2.95. The number of carboxylic acid groups (broad SMARTS) is 1. The Kier molecular flexibility index (Phi) is 4.29. The number of nitrogens with zero attached hydrogens (tertiary/aromatic N) is 1. The molecular formula is C19H26N2O5. The summed E-state index contributed by atoms with van der Waals surface area (Å²) >= 11 is 0. The first-order chi connectivity index (χ1) is 12.1. The van der Waals surface area contributed by atoms with Gasteiger partial charge >= 0.3 is 12.1 Å². The number of rotatable bonds is 2. The third-order valence-corrected chi connectivity index (χ3v) is 5.01. The van der Waals surface area contributed by atoms with Crippen molar-refractivity contribution in [1.82, 2.24) is 10.2 Å². The monoisotopic (exact) mass is 362 g/mol. The Hall–Kier alpha value is -2.44. The molecule has 3 rings (SSSR count). The molecule has 2 unspecified atom stereocenters. The molecule has 2 heterocycles. The van der Waals surface area contributed by atoms with Crippen molar-refractivity contribution in [3.8, 4) is 0 Å². The van der Waals surface area contributed by atoms with Crippen molar-refractivity contribution >= 4 is 12.1 Å². The number of carboxylic acids is 1. The minimum absolute atomic E-state index is 0.00223. The summed E-state index contributed by atoms with van der Waals surface area (Å²) in [6.07, 6.45) is 3.66. The summed E-state index contributed by atoms with van der Waals surface area (Å²) in [6.45, 7) is 8.06. The molecular weight excluding hydrogens is 336 g/mol. The van der Waals surface area contributed by atoms with Gasteiger partial charge in [-0.3, -0.25) is 4.79 Å². The highest BCUT2D eigenvalue weighted by atomic mass is 16.6. The summed E-state index contributed by atoms with van der Waals surface area (Å²) in [6, 6.07) is 0.00223. The van der Waals surface area contributed by atoms with E-state index in [2.05, 4.69) is 5.32 Å². The largest absolute Gasteiger partial charge is 0.495 e. The number of nitrogens with one attached hydrogen (secondary N) is 1. The molecule has 2 aliphatic heterocycles. The van der Waals surface area contributed by atoms with Crippen LogP contribution in [0.25, 0.3) is 0 Å². The van der Waals surface area contributed by atoms with Crippen LogP contribution in [0.2, 0.25) is 0 Å². The van der Waals surface area contributed by atoms with Crippen LogP contribution in [-0.4, -0.2) is 53.9 Å². The second-order valence-corrected chi connectivity index (χ2v) is 8.07. The van der Waals surface area contributed by atoms with Gasteiger partial charge in [0.05, 0.1) is 18.8 Å². The van der Waals surface area contributed by atoms with E-state index < -0.39 is 17.0 Å². The summed E-state index contributed by atoms with van der Waals surface area (Å²) in [5.74, 6) is -0.315. The zero-order valence-electron chi connectivity index (χ0n) is 15.9. The fourth-order valence-corrected chi connectivity index (χ4v) is 3.70. The summed E-state index contributed by atoms with van der Waals surface area (Å²) in [4.78, 5) is 26.1.